The number of benzene rings is 2. The Labute approximate surface area is 227 Å². The summed E-state index contributed by atoms with van der Waals surface area (Å²) in [5, 5.41) is 5.26. The lowest BCUT2D eigenvalue weighted by Crippen LogP contribution is -2.42. The number of nitrogens with one attached hydrogen (secondary N) is 1. The Kier molecular flexibility index (Phi) is 6.39. The third kappa shape index (κ3) is 4.11. The van der Waals surface area contributed by atoms with Crippen LogP contribution in [0.15, 0.2) is 60.8 Å². The summed E-state index contributed by atoms with van der Waals surface area (Å²) in [5.74, 6) is 0.606. The van der Waals surface area contributed by atoms with Crippen molar-refractivity contribution in [2.24, 2.45) is 0 Å². The number of methoxy groups -OCH3 is 1. The topological polar surface area (TPSA) is 40.6 Å². The van der Waals surface area contributed by atoms with E-state index in [1.807, 2.05) is 36.4 Å². The molecule has 2 aromatic carbocycles. The standard InChI is InChI=1S/C28H28Cl2N4OS/c1-16-15-28(2,3)33(4)23-14-20(29)19(13-18(16)23)26-25(22-8-6-7-11-31-22)32-27(36)34(26)17-9-10-24(35-5)21(30)12-17/h6-15,25-26H,1-5H3,(H,32,36)/t25-,26-/m1/s1. The molecule has 8 heteroatoms. The summed E-state index contributed by atoms with van der Waals surface area (Å²) in [6.45, 7) is 6.56. The molecule has 1 saturated heterocycles. The van der Waals surface area contributed by atoms with E-state index in [2.05, 4.69) is 66.1 Å². The zero-order valence-electron chi connectivity index (χ0n) is 20.8. The Morgan fingerprint density at radius 2 is 1.86 bits per heavy atom. The summed E-state index contributed by atoms with van der Waals surface area (Å²) in [7, 11) is 3.70. The SMILES string of the molecule is COc1ccc(N2C(=S)N[C@H](c3ccccn3)[C@H]2c2cc3c(cc2Cl)N(C)C(C)(C)C=C3C)cc1Cl. The van der Waals surface area contributed by atoms with Gasteiger partial charge in [-0.25, -0.2) is 0 Å². The number of fused-ring (bicyclic) bond motifs is 1. The number of aromatic nitrogens is 1. The molecule has 0 spiro atoms. The molecular formula is C28H28Cl2N4OS. The van der Waals surface area contributed by atoms with Gasteiger partial charge in [0.05, 0.1) is 35.4 Å². The summed E-state index contributed by atoms with van der Waals surface area (Å²) in [5.41, 5.74) is 6.06. The quantitative estimate of drug-likeness (QED) is 0.354. The van der Waals surface area contributed by atoms with Crippen LogP contribution >= 0.6 is 35.4 Å². The molecule has 36 heavy (non-hydrogen) atoms. The van der Waals surface area contributed by atoms with Gasteiger partial charge in [-0.1, -0.05) is 35.3 Å². The lowest BCUT2D eigenvalue weighted by molar-refractivity contribution is 0.415. The molecule has 0 amide bonds. The van der Waals surface area contributed by atoms with Crippen LogP contribution in [0.2, 0.25) is 10.0 Å². The third-order valence-electron chi connectivity index (χ3n) is 7.17. The summed E-state index contributed by atoms with van der Waals surface area (Å²) >= 11 is 19.5. The highest BCUT2D eigenvalue weighted by Gasteiger charge is 2.42. The number of hydrogen-bond acceptors (Lipinski definition) is 4. The van der Waals surface area contributed by atoms with Crippen molar-refractivity contribution < 1.29 is 4.74 Å². The van der Waals surface area contributed by atoms with Crippen LogP contribution in [-0.2, 0) is 0 Å². The number of pyridine rings is 1. The van der Waals surface area contributed by atoms with Crippen molar-refractivity contribution in [1.29, 1.82) is 0 Å². The van der Waals surface area contributed by atoms with Gasteiger partial charge in [-0.15, -0.1) is 0 Å². The van der Waals surface area contributed by atoms with E-state index in [9.17, 15) is 0 Å². The van der Waals surface area contributed by atoms with Gasteiger partial charge in [0.1, 0.15) is 5.75 Å². The Morgan fingerprint density at radius 1 is 1.08 bits per heavy atom. The minimum atomic E-state index is -0.247. The molecule has 0 saturated carbocycles. The number of allylic oxidation sites excluding steroid dienone is 1. The first-order chi connectivity index (χ1) is 17.1. The van der Waals surface area contributed by atoms with E-state index in [-0.39, 0.29) is 17.6 Å². The van der Waals surface area contributed by atoms with Crippen LogP contribution in [-0.4, -0.2) is 29.8 Å². The monoisotopic (exact) mass is 538 g/mol. The van der Waals surface area contributed by atoms with Gasteiger partial charge in [0.15, 0.2) is 5.11 Å². The van der Waals surface area contributed by atoms with Crippen molar-refractivity contribution >= 4 is 57.5 Å². The van der Waals surface area contributed by atoms with E-state index in [0.29, 0.717) is 20.9 Å². The zero-order valence-corrected chi connectivity index (χ0v) is 23.2. The van der Waals surface area contributed by atoms with Crippen molar-refractivity contribution in [3.05, 3.63) is 87.7 Å². The van der Waals surface area contributed by atoms with Gasteiger partial charge in [0.25, 0.3) is 0 Å². The predicted octanol–water partition coefficient (Wildman–Crippen LogP) is 7.21. The first-order valence-electron chi connectivity index (χ1n) is 11.7. The number of thiocarbonyl (C=S) groups is 1. The molecule has 1 aromatic heterocycles. The van der Waals surface area contributed by atoms with Crippen molar-refractivity contribution in [3.63, 3.8) is 0 Å². The van der Waals surface area contributed by atoms with E-state index in [1.165, 1.54) is 5.57 Å². The molecule has 186 valence electrons. The second-order valence-electron chi connectivity index (χ2n) is 9.75. The number of ether oxygens (including phenoxy) is 1. The molecule has 3 aromatic rings. The number of nitrogens with zero attached hydrogens (tertiary/aromatic N) is 3. The molecule has 5 rings (SSSR count). The van der Waals surface area contributed by atoms with Gasteiger partial charge < -0.3 is 19.9 Å². The minimum absolute atomic E-state index is 0.110. The maximum absolute atomic E-state index is 7.07. The zero-order chi connectivity index (χ0) is 25.8. The number of anilines is 2. The largest absolute Gasteiger partial charge is 0.495 e. The number of hydrogen-bond donors (Lipinski definition) is 1. The van der Waals surface area contributed by atoms with Crippen molar-refractivity contribution in [2.75, 3.05) is 24.0 Å². The van der Waals surface area contributed by atoms with Gasteiger partial charge in [-0.3, -0.25) is 4.98 Å². The van der Waals surface area contributed by atoms with E-state index >= 15 is 0 Å². The average Bonchev–Trinajstić information content (AvgIpc) is 3.19. The highest BCUT2D eigenvalue weighted by molar-refractivity contribution is 7.80. The molecule has 0 radical (unpaired) electrons. The molecule has 2 aliphatic rings. The maximum Gasteiger partial charge on any atom is 0.174 e. The van der Waals surface area contributed by atoms with E-state index < -0.39 is 0 Å². The third-order valence-corrected chi connectivity index (χ3v) is 8.10. The fraction of sp³-hybridized carbons (Fsp3) is 0.286. The normalized spacial score (nSPS) is 20.6. The first-order valence-corrected chi connectivity index (χ1v) is 12.9. The summed E-state index contributed by atoms with van der Waals surface area (Å²) in [4.78, 5) is 8.99. The summed E-state index contributed by atoms with van der Waals surface area (Å²) in [6, 6.07) is 15.4. The van der Waals surface area contributed by atoms with Crippen LogP contribution < -0.4 is 19.9 Å². The maximum atomic E-state index is 7.07. The molecule has 2 aliphatic heterocycles. The molecule has 5 nitrogen and oxygen atoms in total. The molecular weight excluding hydrogens is 511 g/mol. The van der Waals surface area contributed by atoms with Crippen LogP contribution in [0.1, 0.15) is 49.7 Å². The van der Waals surface area contributed by atoms with Gasteiger partial charge >= 0.3 is 0 Å². The van der Waals surface area contributed by atoms with Gasteiger partial charge in [0.2, 0.25) is 0 Å². The summed E-state index contributed by atoms with van der Waals surface area (Å²) in [6.07, 6.45) is 4.09. The smallest absolute Gasteiger partial charge is 0.174 e. The fourth-order valence-corrected chi connectivity index (χ4v) is 6.04. The predicted molar refractivity (Wildman–Crippen MR) is 154 cm³/mol. The molecule has 1 fully saturated rings. The lowest BCUT2D eigenvalue weighted by Gasteiger charge is -2.41. The van der Waals surface area contributed by atoms with Gasteiger partial charge in [-0.2, -0.15) is 0 Å². The Morgan fingerprint density at radius 3 is 2.53 bits per heavy atom. The highest BCUT2D eigenvalue weighted by Crippen LogP contribution is 2.48. The number of likely N-dealkylation sites (N-methyl/N-ethyl adjacent to an activating group) is 1. The number of halogens is 2. The molecule has 0 unspecified atom stereocenters. The molecule has 1 N–H and O–H groups in total. The second kappa shape index (κ2) is 9.25. The molecule has 3 heterocycles. The lowest BCUT2D eigenvalue weighted by atomic mass is 9.86. The molecule has 0 bridgehead atoms. The Balaban J connectivity index is 1.70. The van der Waals surface area contributed by atoms with E-state index in [4.69, 9.17) is 40.2 Å². The summed E-state index contributed by atoms with van der Waals surface area (Å²) < 4.78 is 5.37. The van der Waals surface area contributed by atoms with Crippen LogP contribution in [0.5, 0.6) is 5.75 Å². The fourth-order valence-electron chi connectivity index (χ4n) is 5.17. The first kappa shape index (κ1) is 24.9. The van der Waals surface area contributed by atoms with Crippen LogP contribution in [0, 0.1) is 0 Å². The van der Waals surface area contributed by atoms with E-state index in [1.54, 1.807) is 13.3 Å². The van der Waals surface area contributed by atoms with Gasteiger partial charge in [-0.05, 0) is 86.6 Å². The highest BCUT2D eigenvalue weighted by atomic mass is 35.5. The van der Waals surface area contributed by atoms with Crippen molar-refractivity contribution in [3.8, 4) is 5.75 Å². The Bertz CT molecular complexity index is 1380. The molecule has 0 aliphatic carbocycles. The second-order valence-corrected chi connectivity index (χ2v) is 10.9. The van der Waals surface area contributed by atoms with Crippen molar-refractivity contribution in [1.82, 2.24) is 10.3 Å². The van der Waals surface area contributed by atoms with Gasteiger partial charge in [0, 0.05) is 35.2 Å². The average molecular weight is 540 g/mol. The number of rotatable bonds is 4. The van der Waals surface area contributed by atoms with Crippen LogP contribution in [0.4, 0.5) is 11.4 Å². The minimum Gasteiger partial charge on any atom is -0.495 e. The van der Waals surface area contributed by atoms with E-state index in [0.717, 1.165) is 28.2 Å². The van der Waals surface area contributed by atoms with Crippen LogP contribution in [0.25, 0.3) is 5.57 Å². The molecule has 2 atom stereocenters. The van der Waals surface area contributed by atoms with Crippen molar-refractivity contribution in [2.45, 2.75) is 38.4 Å². The Hall–Kier alpha value is -2.80. The van der Waals surface area contributed by atoms with Crippen LogP contribution in [0.3, 0.4) is 0 Å².